The summed E-state index contributed by atoms with van der Waals surface area (Å²) in [5, 5.41) is 2.77. The van der Waals surface area contributed by atoms with E-state index in [0.29, 0.717) is 19.5 Å². The summed E-state index contributed by atoms with van der Waals surface area (Å²) in [7, 11) is 0. The highest BCUT2D eigenvalue weighted by atomic mass is 19.3. The van der Waals surface area contributed by atoms with E-state index in [4.69, 9.17) is 0 Å². The first kappa shape index (κ1) is 13.9. The van der Waals surface area contributed by atoms with Gasteiger partial charge in [-0.05, 0) is 32.0 Å². The number of amides is 1. The Morgan fingerprint density at radius 3 is 2.68 bits per heavy atom. The van der Waals surface area contributed by atoms with Crippen molar-refractivity contribution in [3.8, 4) is 0 Å². The molecule has 1 aliphatic rings. The van der Waals surface area contributed by atoms with E-state index in [0.717, 1.165) is 11.3 Å². The van der Waals surface area contributed by atoms with Crippen molar-refractivity contribution in [2.75, 3.05) is 25.0 Å². The Hall–Kier alpha value is -1.49. The van der Waals surface area contributed by atoms with E-state index in [9.17, 15) is 13.6 Å². The van der Waals surface area contributed by atoms with Gasteiger partial charge in [0, 0.05) is 18.2 Å². The smallest absolute Gasteiger partial charge is 0.242 e. The number of hydrogen-bond donors (Lipinski definition) is 1. The van der Waals surface area contributed by atoms with E-state index in [1.807, 2.05) is 31.2 Å². The number of anilines is 1. The van der Waals surface area contributed by atoms with Crippen LogP contribution in [0.1, 0.15) is 12.0 Å². The lowest BCUT2D eigenvalue weighted by molar-refractivity contribution is -0.117. The van der Waals surface area contributed by atoms with Crippen molar-refractivity contribution in [2.45, 2.75) is 19.8 Å². The zero-order valence-corrected chi connectivity index (χ0v) is 10.9. The molecule has 0 bridgehead atoms. The van der Waals surface area contributed by atoms with Gasteiger partial charge in [0.25, 0.3) is 0 Å². The number of benzene rings is 1. The maximum absolute atomic E-state index is 12.5. The maximum atomic E-state index is 12.5. The second-order valence-corrected chi connectivity index (χ2v) is 5.03. The molecule has 1 N–H and O–H groups in total. The van der Waals surface area contributed by atoms with E-state index >= 15 is 0 Å². The lowest BCUT2D eigenvalue weighted by Crippen LogP contribution is -2.32. The van der Waals surface area contributed by atoms with E-state index in [-0.39, 0.29) is 12.5 Å². The summed E-state index contributed by atoms with van der Waals surface area (Å²) < 4.78 is 25.0. The molecule has 0 spiro atoms. The summed E-state index contributed by atoms with van der Waals surface area (Å²) in [6.45, 7) is 3.02. The molecule has 1 unspecified atom stereocenters. The number of aryl methyl sites for hydroxylation is 1. The van der Waals surface area contributed by atoms with Crippen LogP contribution in [0.3, 0.4) is 0 Å². The third-order valence-electron chi connectivity index (χ3n) is 3.37. The zero-order valence-electron chi connectivity index (χ0n) is 10.9. The van der Waals surface area contributed by atoms with Crippen molar-refractivity contribution in [1.29, 1.82) is 0 Å². The summed E-state index contributed by atoms with van der Waals surface area (Å²) in [6.07, 6.45) is -1.82. The molecule has 2 rings (SSSR count). The Morgan fingerprint density at radius 1 is 1.42 bits per heavy atom. The molecular weight excluding hydrogens is 250 g/mol. The van der Waals surface area contributed by atoms with Gasteiger partial charge in [-0.15, -0.1) is 0 Å². The van der Waals surface area contributed by atoms with Crippen molar-refractivity contribution in [3.05, 3.63) is 29.8 Å². The van der Waals surface area contributed by atoms with E-state index in [1.165, 1.54) is 0 Å². The SMILES string of the molecule is Cc1ccc(NC(=O)CN2CCC(C(F)F)C2)cc1. The van der Waals surface area contributed by atoms with Gasteiger partial charge in [-0.2, -0.15) is 0 Å². The van der Waals surface area contributed by atoms with Gasteiger partial charge in [0.05, 0.1) is 6.54 Å². The molecular formula is C14H18F2N2O. The van der Waals surface area contributed by atoms with Crippen LogP contribution in [0, 0.1) is 12.8 Å². The summed E-state index contributed by atoms with van der Waals surface area (Å²) in [5.74, 6) is -0.744. The Balaban J connectivity index is 1.80. The molecule has 104 valence electrons. The van der Waals surface area contributed by atoms with Crippen molar-refractivity contribution >= 4 is 11.6 Å². The Kier molecular flexibility index (Phi) is 4.47. The fourth-order valence-corrected chi connectivity index (χ4v) is 2.25. The van der Waals surface area contributed by atoms with Crippen molar-refractivity contribution in [3.63, 3.8) is 0 Å². The van der Waals surface area contributed by atoms with Crippen LogP contribution in [-0.4, -0.2) is 36.9 Å². The first-order chi connectivity index (χ1) is 9.04. The third kappa shape index (κ3) is 3.99. The highest BCUT2D eigenvalue weighted by Gasteiger charge is 2.30. The Bertz CT molecular complexity index is 434. The van der Waals surface area contributed by atoms with Crippen molar-refractivity contribution < 1.29 is 13.6 Å². The minimum absolute atomic E-state index is 0.154. The van der Waals surface area contributed by atoms with Crippen LogP contribution >= 0.6 is 0 Å². The lowest BCUT2D eigenvalue weighted by atomic mass is 10.1. The molecule has 0 aliphatic carbocycles. The lowest BCUT2D eigenvalue weighted by Gasteiger charge is -2.15. The topological polar surface area (TPSA) is 32.3 Å². The molecule has 19 heavy (non-hydrogen) atoms. The van der Waals surface area contributed by atoms with Gasteiger partial charge in [-0.1, -0.05) is 17.7 Å². The van der Waals surface area contributed by atoms with Crippen LogP contribution in [0.15, 0.2) is 24.3 Å². The quantitative estimate of drug-likeness (QED) is 0.910. The Labute approximate surface area is 111 Å². The highest BCUT2D eigenvalue weighted by Crippen LogP contribution is 2.22. The normalized spacial score (nSPS) is 19.9. The molecule has 1 aliphatic heterocycles. The predicted molar refractivity (Wildman–Crippen MR) is 70.4 cm³/mol. The van der Waals surface area contributed by atoms with Crippen LogP contribution < -0.4 is 5.32 Å². The molecule has 0 aromatic heterocycles. The number of likely N-dealkylation sites (tertiary alicyclic amines) is 1. The molecule has 1 saturated heterocycles. The average molecular weight is 268 g/mol. The summed E-state index contributed by atoms with van der Waals surface area (Å²) in [5.41, 5.74) is 1.86. The molecule has 0 radical (unpaired) electrons. The molecule has 1 aromatic rings. The molecule has 1 amide bonds. The van der Waals surface area contributed by atoms with E-state index in [1.54, 1.807) is 4.90 Å². The van der Waals surface area contributed by atoms with Crippen LogP contribution in [0.5, 0.6) is 0 Å². The maximum Gasteiger partial charge on any atom is 0.242 e. The van der Waals surface area contributed by atoms with Crippen LogP contribution in [0.4, 0.5) is 14.5 Å². The third-order valence-corrected chi connectivity index (χ3v) is 3.37. The number of hydrogen-bond acceptors (Lipinski definition) is 2. The summed E-state index contributed by atoms with van der Waals surface area (Å²) >= 11 is 0. The molecule has 1 fully saturated rings. The minimum atomic E-state index is -2.29. The second-order valence-electron chi connectivity index (χ2n) is 5.03. The summed E-state index contributed by atoms with van der Waals surface area (Å²) in [6, 6.07) is 7.49. The largest absolute Gasteiger partial charge is 0.325 e. The van der Waals surface area contributed by atoms with E-state index < -0.39 is 12.3 Å². The van der Waals surface area contributed by atoms with Crippen LogP contribution in [0.2, 0.25) is 0 Å². The number of halogens is 2. The van der Waals surface area contributed by atoms with E-state index in [2.05, 4.69) is 5.32 Å². The average Bonchev–Trinajstić information content (AvgIpc) is 2.80. The second kappa shape index (κ2) is 6.10. The van der Waals surface area contributed by atoms with Gasteiger partial charge in [0.2, 0.25) is 12.3 Å². The van der Waals surface area contributed by atoms with Gasteiger partial charge in [0.1, 0.15) is 0 Å². The fourth-order valence-electron chi connectivity index (χ4n) is 2.25. The molecule has 1 heterocycles. The zero-order chi connectivity index (χ0) is 13.8. The molecule has 1 aromatic carbocycles. The monoisotopic (exact) mass is 268 g/mol. The highest BCUT2D eigenvalue weighted by molar-refractivity contribution is 5.92. The van der Waals surface area contributed by atoms with Crippen LogP contribution in [0.25, 0.3) is 0 Å². The molecule has 5 heteroatoms. The van der Waals surface area contributed by atoms with Crippen molar-refractivity contribution in [2.24, 2.45) is 5.92 Å². The van der Waals surface area contributed by atoms with Gasteiger partial charge >= 0.3 is 0 Å². The minimum Gasteiger partial charge on any atom is -0.325 e. The number of alkyl halides is 2. The number of carbonyl (C=O) groups is 1. The van der Waals surface area contributed by atoms with Gasteiger partial charge < -0.3 is 5.32 Å². The number of nitrogens with one attached hydrogen (secondary N) is 1. The van der Waals surface area contributed by atoms with Gasteiger partial charge in [0.15, 0.2) is 0 Å². The molecule has 3 nitrogen and oxygen atoms in total. The predicted octanol–water partition coefficient (Wildman–Crippen LogP) is 2.52. The van der Waals surface area contributed by atoms with Crippen LogP contribution in [-0.2, 0) is 4.79 Å². The number of carbonyl (C=O) groups excluding carboxylic acids is 1. The molecule has 1 atom stereocenters. The Morgan fingerprint density at radius 2 is 2.11 bits per heavy atom. The van der Waals surface area contributed by atoms with Gasteiger partial charge in [-0.25, -0.2) is 8.78 Å². The summed E-state index contributed by atoms with van der Waals surface area (Å²) in [4.78, 5) is 13.6. The van der Waals surface area contributed by atoms with Crippen molar-refractivity contribution in [1.82, 2.24) is 4.90 Å². The molecule has 0 saturated carbocycles. The first-order valence-corrected chi connectivity index (χ1v) is 6.41. The number of nitrogens with zero attached hydrogens (tertiary/aromatic N) is 1. The number of rotatable bonds is 4. The fraction of sp³-hybridized carbons (Fsp3) is 0.500. The first-order valence-electron chi connectivity index (χ1n) is 6.41. The standard InChI is InChI=1S/C14H18F2N2O/c1-10-2-4-12(5-3-10)17-13(19)9-18-7-6-11(8-18)14(15)16/h2-5,11,14H,6-9H2,1H3,(H,17,19). The van der Waals surface area contributed by atoms with Gasteiger partial charge in [-0.3, -0.25) is 9.69 Å².